The first kappa shape index (κ1) is 20.4. The summed E-state index contributed by atoms with van der Waals surface area (Å²) in [6, 6.07) is 15.9. The zero-order valence-electron chi connectivity index (χ0n) is 16.4. The minimum Gasteiger partial charge on any atom is -0.497 e. The van der Waals surface area contributed by atoms with Crippen LogP contribution in [0.5, 0.6) is 11.5 Å². The number of hydrogen-bond acceptors (Lipinski definition) is 6. The molecule has 0 saturated heterocycles. The van der Waals surface area contributed by atoms with E-state index in [2.05, 4.69) is 35.9 Å². The molecule has 0 aliphatic carbocycles. The van der Waals surface area contributed by atoms with Crippen LogP contribution in [0.25, 0.3) is 5.65 Å². The van der Waals surface area contributed by atoms with Gasteiger partial charge in [0, 0.05) is 13.1 Å². The number of hydrogen-bond donors (Lipinski definition) is 0. The van der Waals surface area contributed by atoms with Crippen LogP contribution in [-0.2, 0) is 13.1 Å². The van der Waals surface area contributed by atoms with E-state index in [1.807, 2.05) is 48.5 Å². The summed E-state index contributed by atoms with van der Waals surface area (Å²) in [4.78, 5) is 11.1. The highest BCUT2D eigenvalue weighted by atomic mass is 79.9. The first-order valence-electron chi connectivity index (χ1n) is 9.15. The fraction of sp³-hybridized carbons (Fsp3) is 0.190. The third-order valence-electron chi connectivity index (χ3n) is 4.64. The molecule has 0 spiro atoms. The molecule has 154 valence electrons. The predicted octanol–water partition coefficient (Wildman–Crippen LogP) is 4.76. The third kappa shape index (κ3) is 4.34. The monoisotopic (exact) mass is 487 g/mol. The Balaban J connectivity index is 1.74. The molecule has 2 aromatic heterocycles. The predicted molar refractivity (Wildman–Crippen MR) is 119 cm³/mol. The molecule has 9 heteroatoms. The van der Waals surface area contributed by atoms with E-state index in [-0.39, 0.29) is 5.28 Å². The number of methoxy groups -OCH3 is 2. The summed E-state index contributed by atoms with van der Waals surface area (Å²) in [5, 5.41) is 4.38. The second kappa shape index (κ2) is 8.89. The van der Waals surface area contributed by atoms with Crippen molar-refractivity contribution in [2.75, 3.05) is 19.1 Å². The van der Waals surface area contributed by atoms with Crippen LogP contribution in [-0.4, -0.2) is 33.8 Å². The number of rotatable bonds is 7. The summed E-state index contributed by atoms with van der Waals surface area (Å²) in [5.41, 5.74) is 2.82. The smallest absolute Gasteiger partial charge is 0.243 e. The number of nitrogens with zero attached hydrogens (tertiary/aromatic N) is 5. The summed E-state index contributed by atoms with van der Waals surface area (Å²) in [6.45, 7) is 1.20. The summed E-state index contributed by atoms with van der Waals surface area (Å²) in [7, 11) is 3.31. The maximum Gasteiger partial charge on any atom is 0.243 e. The van der Waals surface area contributed by atoms with E-state index in [4.69, 9.17) is 21.1 Å². The van der Waals surface area contributed by atoms with Crippen molar-refractivity contribution in [3.8, 4) is 11.5 Å². The molecule has 4 rings (SSSR count). The van der Waals surface area contributed by atoms with Crippen molar-refractivity contribution in [3.63, 3.8) is 0 Å². The van der Waals surface area contributed by atoms with Gasteiger partial charge in [0.05, 0.1) is 20.4 Å². The van der Waals surface area contributed by atoms with Gasteiger partial charge in [-0.1, -0.05) is 24.3 Å². The Labute approximate surface area is 187 Å². The summed E-state index contributed by atoms with van der Waals surface area (Å²) in [6.07, 6.45) is 1.68. The maximum absolute atomic E-state index is 6.23. The lowest BCUT2D eigenvalue weighted by Gasteiger charge is -2.24. The number of fused-ring (bicyclic) bond motifs is 1. The second-order valence-electron chi connectivity index (χ2n) is 6.57. The molecule has 0 bridgehead atoms. The molecule has 2 aromatic carbocycles. The number of aromatic nitrogens is 4. The summed E-state index contributed by atoms with van der Waals surface area (Å²) < 4.78 is 12.9. The molecule has 0 fully saturated rings. The number of anilines is 1. The Morgan fingerprint density at radius 3 is 1.97 bits per heavy atom. The lowest BCUT2D eigenvalue weighted by molar-refractivity contribution is 0.414. The highest BCUT2D eigenvalue weighted by Gasteiger charge is 2.18. The Hall–Kier alpha value is -2.84. The lowest BCUT2D eigenvalue weighted by Crippen LogP contribution is -2.24. The van der Waals surface area contributed by atoms with Crippen molar-refractivity contribution in [1.29, 1.82) is 0 Å². The van der Waals surface area contributed by atoms with Gasteiger partial charge in [-0.2, -0.15) is 4.98 Å². The van der Waals surface area contributed by atoms with Gasteiger partial charge in [0.25, 0.3) is 0 Å². The van der Waals surface area contributed by atoms with Crippen molar-refractivity contribution in [3.05, 3.63) is 75.7 Å². The molecule has 0 N–H and O–H groups in total. The van der Waals surface area contributed by atoms with Gasteiger partial charge in [0.15, 0.2) is 11.5 Å². The van der Waals surface area contributed by atoms with Gasteiger partial charge in [-0.25, -0.2) is 9.50 Å². The van der Waals surface area contributed by atoms with E-state index in [1.165, 1.54) is 0 Å². The third-order valence-corrected chi connectivity index (χ3v) is 5.34. The highest BCUT2D eigenvalue weighted by molar-refractivity contribution is 9.10. The first-order chi connectivity index (χ1) is 14.6. The Morgan fingerprint density at radius 2 is 1.47 bits per heavy atom. The van der Waals surface area contributed by atoms with Gasteiger partial charge in [0.1, 0.15) is 16.1 Å². The van der Waals surface area contributed by atoms with Gasteiger partial charge in [-0.05, 0) is 62.9 Å². The summed E-state index contributed by atoms with van der Waals surface area (Å²) >= 11 is 9.69. The molecule has 0 radical (unpaired) electrons. The van der Waals surface area contributed by atoms with Gasteiger partial charge in [-0.3, -0.25) is 0 Å². The molecular formula is C21H19BrClN5O2. The van der Waals surface area contributed by atoms with Crippen LogP contribution in [0.4, 0.5) is 5.82 Å². The maximum atomic E-state index is 6.23. The second-order valence-corrected chi connectivity index (χ2v) is 7.72. The SMILES string of the molecule is COc1ccc(CN(Cc2ccc(OC)cc2)c2nc(Cl)nn3c(Br)cnc23)cc1. The van der Waals surface area contributed by atoms with Crippen LogP contribution >= 0.6 is 27.5 Å². The average Bonchev–Trinajstić information content (AvgIpc) is 3.14. The van der Waals surface area contributed by atoms with Crippen LogP contribution < -0.4 is 14.4 Å². The van der Waals surface area contributed by atoms with Gasteiger partial charge in [-0.15, -0.1) is 5.10 Å². The quantitative estimate of drug-likeness (QED) is 0.374. The van der Waals surface area contributed by atoms with Crippen molar-refractivity contribution in [2.45, 2.75) is 13.1 Å². The fourth-order valence-electron chi connectivity index (χ4n) is 3.14. The molecular weight excluding hydrogens is 470 g/mol. The molecule has 0 aliphatic rings. The number of halogens is 2. The van der Waals surface area contributed by atoms with Gasteiger partial charge < -0.3 is 14.4 Å². The van der Waals surface area contributed by atoms with Crippen molar-refractivity contribution < 1.29 is 9.47 Å². The summed E-state index contributed by atoms with van der Waals surface area (Å²) in [5.74, 6) is 2.27. The van der Waals surface area contributed by atoms with E-state index < -0.39 is 0 Å². The van der Waals surface area contributed by atoms with Gasteiger partial charge in [0.2, 0.25) is 5.28 Å². The normalized spacial score (nSPS) is 10.9. The molecule has 4 aromatic rings. The minimum atomic E-state index is 0.144. The molecule has 2 heterocycles. The largest absolute Gasteiger partial charge is 0.497 e. The van der Waals surface area contributed by atoms with E-state index >= 15 is 0 Å². The van der Waals surface area contributed by atoms with Crippen LogP contribution in [0, 0.1) is 0 Å². The minimum absolute atomic E-state index is 0.144. The van der Waals surface area contributed by atoms with E-state index in [9.17, 15) is 0 Å². The number of imidazole rings is 1. The number of benzene rings is 2. The van der Waals surface area contributed by atoms with Crippen molar-refractivity contribution in [2.24, 2.45) is 0 Å². The van der Waals surface area contributed by atoms with Crippen LogP contribution in [0.3, 0.4) is 0 Å². The van der Waals surface area contributed by atoms with Crippen LogP contribution in [0.15, 0.2) is 59.3 Å². The van der Waals surface area contributed by atoms with Crippen LogP contribution in [0.1, 0.15) is 11.1 Å². The molecule has 7 nitrogen and oxygen atoms in total. The average molecular weight is 489 g/mol. The highest BCUT2D eigenvalue weighted by Crippen LogP contribution is 2.27. The molecule has 0 unspecified atom stereocenters. The Bertz CT molecular complexity index is 1100. The fourth-order valence-corrected chi connectivity index (χ4v) is 3.64. The van der Waals surface area contributed by atoms with E-state index in [0.717, 1.165) is 22.6 Å². The Kier molecular flexibility index (Phi) is 6.06. The molecule has 30 heavy (non-hydrogen) atoms. The van der Waals surface area contributed by atoms with Crippen molar-refractivity contribution >= 4 is 39.0 Å². The first-order valence-corrected chi connectivity index (χ1v) is 10.3. The Morgan fingerprint density at radius 1 is 0.933 bits per heavy atom. The van der Waals surface area contributed by atoms with Crippen molar-refractivity contribution in [1.82, 2.24) is 19.6 Å². The molecule has 0 saturated carbocycles. The molecule has 0 atom stereocenters. The van der Waals surface area contributed by atoms with Gasteiger partial charge >= 0.3 is 0 Å². The van der Waals surface area contributed by atoms with E-state index in [0.29, 0.717) is 29.2 Å². The molecule has 0 aliphatic heterocycles. The zero-order valence-corrected chi connectivity index (χ0v) is 18.8. The lowest BCUT2D eigenvalue weighted by atomic mass is 10.1. The van der Waals surface area contributed by atoms with E-state index in [1.54, 1.807) is 24.9 Å². The zero-order chi connectivity index (χ0) is 21.1. The number of ether oxygens (including phenoxy) is 2. The topological polar surface area (TPSA) is 64.8 Å². The molecule has 0 amide bonds. The van der Waals surface area contributed by atoms with Crippen LogP contribution in [0.2, 0.25) is 5.28 Å². The standard InChI is InChI=1S/C21H19BrClN5O2/c1-29-16-7-3-14(4-8-16)12-27(13-15-5-9-17(30-2)10-6-15)20-19-24-11-18(22)28(19)26-21(23)25-20/h3-11H,12-13H2,1-2H3.